The lowest BCUT2D eigenvalue weighted by Gasteiger charge is -2.27. The Kier molecular flexibility index (Phi) is 4.75. The molecule has 0 radical (unpaired) electrons. The van der Waals surface area contributed by atoms with Crippen LogP contribution in [0.5, 0.6) is 5.75 Å². The van der Waals surface area contributed by atoms with Gasteiger partial charge < -0.3 is 10.1 Å². The zero-order valence-corrected chi connectivity index (χ0v) is 11.5. The molecule has 0 saturated carbocycles. The summed E-state index contributed by atoms with van der Waals surface area (Å²) in [6.07, 6.45) is 1.18. The predicted octanol–water partition coefficient (Wildman–Crippen LogP) is 3.37. The zero-order chi connectivity index (χ0) is 12.1. The van der Waals surface area contributed by atoms with Gasteiger partial charge in [0.05, 0.1) is 6.61 Å². The third-order valence-corrected chi connectivity index (χ3v) is 4.08. The van der Waals surface area contributed by atoms with E-state index in [2.05, 4.69) is 30.4 Å². The molecule has 17 heavy (non-hydrogen) atoms. The van der Waals surface area contributed by atoms with Gasteiger partial charge in [-0.25, -0.2) is 0 Å². The average Bonchev–Trinajstić information content (AvgIpc) is 2.37. The van der Waals surface area contributed by atoms with Crippen molar-refractivity contribution < 1.29 is 4.74 Å². The summed E-state index contributed by atoms with van der Waals surface area (Å²) in [6.45, 7) is 6.08. The standard InChI is InChI=1S/C14H21NOS/c1-3-8-15-13-10-17-9-12-11(13)6-5-7-14(12)16-4-2/h5-7,13,15H,3-4,8-10H2,1-2H3. The van der Waals surface area contributed by atoms with Gasteiger partial charge >= 0.3 is 0 Å². The predicted molar refractivity (Wildman–Crippen MR) is 74.8 cm³/mol. The Bertz CT molecular complexity index is 367. The molecule has 2 rings (SSSR count). The molecule has 2 nitrogen and oxygen atoms in total. The lowest BCUT2D eigenvalue weighted by Crippen LogP contribution is -2.27. The number of thioether (sulfide) groups is 1. The summed E-state index contributed by atoms with van der Waals surface area (Å²) in [5, 5.41) is 3.62. The molecule has 0 spiro atoms. The van der Waals surface area contributed by atoms with Gasteiger partial charge in [-0.2, -0.15) is 11.8 Å². The highest BCUT2D eigenvalue weighted by Crippen LogP contribution is 2.36. The van der Waals surface area contributed by atoms with Crippen molar-refractivity contribution in [3.63, 3.8) is 0 Å². The first-order chi connectivity index (χ1) is 8.36. The van der Waals surface area contributed by atoms with Gasteiger partial charge in [-0.3, -0.25) is 0 Å². The lowest BCUT2D eigenvalue weighted by atomic mass is 10.0. The molecule has 1 aromatic carbocycles. The van der Waals surface area contributed by atoms with E-state index < -0.39 is 0 Å². The van der Waals surface area contributed by atoms with E-state index in [0.717, 1.165) is 24.7 Å². The maximum atomic E-state index is 5.72. The Hall–Kier alpha value is -0.670. The van der Waals surface area contributed by atoms with Crippen molar-refractivity contribution in [1.82, 2.24) is 5.32 Å². The van der Waals surface area contributed by atoms with Crippen LogP contribution in [-0.4, -0.2) is 18.9 Å². The van der Waals surface area contributed by atoms with E-state index in [0.29, 0.717) is 6.04 Å². The van der Waals surface area contributed by atoms with Gasteiger partial charge in [0.15, 0.2) is 0 Å². The Balaban J connectivity index is 2.22. The minimum Gasteiger partial charge on any atom is -0.494 e. The van der Waals surface area contributed by atoms with Crippen molar-refractivity contribution in [3.05, 3.63) is 29.3 Å². The van der Waals surface area contributed by atoms with E-state index >= 15 is 0 Å². The van der Waals surface area contributed by atoms with E-state index in [-0.39, 0.29) is 0 Å². The first-order valence-electron chi connectivity index (χ1n) is 6.42. The number of ether oxygens (including phenoxy) is 1. The number of fused-ring (bicyclic) bond motifs is 1. The summed E-state index contributed by atoms with van der Waals surface area (Å²) in [7, 11) is 0. The Morgan fingerprint density at radius 3 is 3.06 bits per heavy atom. The molecule has 0 saturated heterocycles. The molecule has 1 atom stereocenters. The fourth-order valence-electron chi connectivity index (χ4n) is 2.21. The van der Waals surface area contributed by atoms with E-state index in [9.17, 15) is 0 Å². The van der Waals surface area contributed by atoms with Crippen molar-refractivity contribution >= 4 is 11.8 Å². The molecule has 0 fully saturated rings. The SMILES string of the molecule is CCCNC1CSCc2c(OCC)cccc21. The molecule has 1 unspecified atom stereocenters. The summed E-state index contributed by atoms with van der Waals surface area (Å²) >= 11 is 1.99. The van der Waals surface area contributed by atoms with Gasteiger partial charge in [-0.15, -0.1) is 0 Å². The van der Waals surface area contributed by atoms with Crippen LogP contribution in [0.25, 0.3) is 0 Å². The first kappa shape index (κ1) is 12.8. The molecule has 3 heteroatoms. The Labute approximate surface area is 108 Å². The van der Waals surface area contributed by atoms with Gasteiger partial charge in [0.2, 0.25) is 0 Å². The molecular formula is C14H21NOS. The van der Waals surface area contributed by atoms with Gasteiger partial charge in [-0.1, -0.05) is 19.1 Å². The van der Waals surface area contributed by atoms with Crippen molar-refractivity contribution in [2.45, 2.75) is 32.1 Å². The summed E-state index contributed by atoms with van der Waals surface area (Å²) < 4.78 is 5.72. The normalized spacial score (nSPS) is 18.8. The summed E-state index contributed by atoms with van der Waals surface area (Å²) in [5.41, 5.74) is 2.82. The second-order valence-electron chi connectivity index (χ2n) is 4.28. The highest BCUT2D eigenvalue weighted by Gasteiger charge is 2.22. The Morgan fingerprint density at radius 2 is 2.29 bits per heavy atom. The molecule has 1 aliphatic heterocycles. The number of rotatable bonds is 5. The molecular weight excluding hydrogens is 230 g/mol. The molecule has 1 heterocycles. The highest BCUT2D eigenvalue weighted by molar-refractivity contribution is 7.98. The monoisotopic (exact) mass is 251 g/mol. The van der Waals surface area contributed by atoms with E-state index in [1.165, 1.54) is 23.3 Å². The van der Waals surface area contributed by atoms with Crippen LogP contribution < -0.4 is 10.1 Å². The van der Waals surface area contributed by atoms with E-state index in [1.54, 1.807) is 0 Å². The lowest BCUT2D eigenvalue weighted by molar-refractivity contribution is 0.336. The van der Waals surface area contributed by atoms with E-state index in [1.807, 2.05) is 18.7 Å². The van der Waals surface area contributed by atoms with E-state index in [4.69, 9.17) is 4.74 Å². The highest BCUT2D eigenvalue weighted by atomic mass is 32.2. The van der Waals surface area contributed by atoms with Gasteiger partial charge in [-0.05, 0) is 31.5 Å². The summed E-state index contributed by atoms with van der Waals surface area (Å²) in [5.74, 6) is 3.32. The number of nitrogens with one attached hydrogen (secondary N) is 1. The van der Waals surface area contributed by atoms with Crippen LogP contribution in [0, 0.1) is 0 Å². The van der Waals surface area contributed by atoms with Crippen LogP contribution in [0.15, 0.2) is 18.2 Å². The summed E-state index contributed by atoms with van der Waals surface area (Å²) in [4.78, 5) is 0. The molecule has 0 bridgehead atoms. The largest absolute Gasteiger partial charge is 0.494 e. The van der Waals surface area contributed by atoms with Crippen molar-refractivity contribution in [3.8, 4) is 5.75 Å². The molecule has 0 aromatic heterocycles. The van der Waals surface area contributed by atoms with Crippen molar-refractivity contribution in [2.75, 3.05) is 18.9 Å². The van der Waals surface area contributed by atoms with Crippen molar-refractivity contribution in [2.24, 2.45) is 0 Å². The topological polar surface area (TPSA) is 21.3 Å². The summed E-state index contributed by atoms with van der Waals surface area (Å²) in [6, 6.07) is 6.93. The van der Waals surface area contributed by atoms with Crippen LogP contribution in [0.1, 0.15) is 37.4 Å². The average molecular weight is 251 g/mol. The van der Waals surface area contributed by atoms with Gasteiger partial charge in [0, 0.05) is 23.1 Å². The maximum Gasteiger partial charge on any atom is 0.123 e. The minimum atomic E-state index is 0.490. The molecule has 0 amide bonds. The molecule has 1 aromatic rings. The third kappa shape index (κ3) is 2.96. The zero-order valence-electron chi connectivity index (χ0n) is 10.7. The van der Waals surface area contributed by atoms with Gasteiger partial charge in [0.25, 0.3) is 0 Å². The second kappa shape index (κ2) is 6.31. The Morgan fingerprint density at radius 1 is 1.41 bits per heavy atom. The van der Waals surface area contributed by atoms with Crippen LogP contribution in [0.2, 0.25) is 0 Å². The maximum absolute atomic E-state index is 5.72. The third-order valence-electron chi connectivity index (χ3n) is 3.02. The van der Waals surface area contributed by atoms with Crippen LogP contribution in [-0.2, 0) is 5.75 Å². The van der Waals surface area contributed by atoms with Crippen LogP contribution in [0.4, 0.5) is 0 Å². The first-order valence-corrected chi connectivity index (χ1v) is 7.58. The fourth-order valence-corrected chi connectivity index (χ4v) is 3.37. The minimum absolute atomic E-state index is 0.490. The number of hydrogen-bond acceptors (Lipinski definition) is 3. The molecule has 1 aliphatic rings. The molecule has 1 N–H and O–H groups in total. The smallest absolute Gasteiger partial charge is 0.123 e. The molecule has 94 valence electrons. The molecule has 0 aliphatic carbocycles. The van der Waals surface area contributed by atoms with Crippen LogP contribution >= 0.6 is 11.8 Å². The van der Waals surface area contributed by atoms with Crippen LogP contribution in [0.3, 0.4) is 0 Å². The number of benzene rings is 1. The van der Waals surface area contributed by atoms with Gasteiger partial charge in [0.1, 0.15) is 5.75 Å². The fraction of sp³-hybridized carbons (Fsp3) is 0.571. The second-order valence-corrected chi connectivity index (χ2v) is 5.31. The number of hydrogen-bond donors (Lipinski definition) is 1. The van der Waals surface area contributed by atoms with Crippen molar-refractivity contribution in [1.29, 1.82) is 0 Å². The quantitative estimate of drug-likeness (QED) is 0.867.